The van der Waals surface area contributed by atoms with Crippen molar-refractivity contribution in [3.05, 3.63) is 39.7 Å². The minimum Gasteiger partial charge on any atom is -0.486 e. The highest BCUT2D eigenvalue weighted by molar-refractivity contribution is 7.12. The number of hydrogen-bond acceptors (Lipinski definition) is 4. The molecule has 0 bridgehead atoms. The second-order valence-electron chi connectivity index (χ2n) is 5.07. The van der Waals surface area contributed by atoms with Gasteiger partial charge in [-0.2, -0.15) is 0 Å². The third-order valence-corrected chi connectivity index (χ3v) is 4.38. The van der Waals surface area contributed by atoms with Crippen molar-refractivity contribution in [1.29, 1.82) is 0 Å². The first-order chi connectivity index (χ1) is 9.22. The maximum Gasteiger partial charge on any atom is 0.140 e. The van der Waals surface area contributed by atoms with Crippen molar-refractivity contribution in [2.45, 2.75) is 32.8 Å². The van der Waals surface area contributed by atoms with E-state index in [9.17, 15) is 0 Å². The maximum absolute atomic E-state index is 5.78. The number of fused-ring (bicyclic) bond motifs is 1. The molecule has 19 heavy (non-hydrogen) atoms. The zero-order valence-electron chi connectivity index (χ0n) is 11.3. The summed E-state index contributed by atoms with van der Waals surface area (Å²) in [6.45, 7) is 5.96. The minimum atomic E-state index is 0.556. The van der Waals surface area contributed by atoms with E-state index in [2.05, 4.69) is 36.3 Å². The summed E-state index contributed by atoms with van der Waals surface area (Å²) in [6.07, 6.45) is 1.09. The summed E-state index contributed by atoms with van der Waals surface area (Å²) in [5.74, 6) is 2.52. The van der Waals surface area contributed by atoms with Gasteiger partial charge in [-0.15, -0.1) is 11.3 Å². The lowest BCUT2D eigenvalue weighted by molar-refractivity contribution is 0.305. The van der Waals surface area contributed by atoms with E-state index in [4.69, 9.17) is 4.74 Å². The summed E-state index contributed by atoms with van der Waals surface area (Å²) in [7, 11) is 0. The van der Waals surface area contributed by atoms with Crippen LogP contribution in [0.25, 0.3) is 0 Å². The number of hydrogen-bond donors (Lipinski definition) is 1. The van der Waals surface area contributed by atoms with Gasteiger partial charge in [0.15, 0.2) is 0 Å². The van der Waals surface area contributed by atoms with Gasteiger partial charge in [0, 0.05) is 13.0 Å². The van der Waals surface area contributed by atoms with Gasteiger partial charge in [0.05, 0.1) is 4.88 Å². The first-order valence-electron chi connectivity index (χ1n) is 6.67. The summed E-state index contributed by atoms with van der Waals surface area (Å²) in [5.41, 5.74) is 1.34. The smallest absolute Gasteiger partial charge is 0.140 e. The summed E-state index contributed by atoms with van der Waals surface area (Å²) in [5, 5.41) is 4.33. The highest BCUT2D eigenvalue weighted by Gasteiger charge is 2.16. The maximum atomic E-state index is 5.78. The van der Waals surface area contributed by atoms with Gasteiger partial charge < -0.3 is 10.1 Å². The van der Waals surface area contributed by atoms with Crippen molar-refractivity contribution in [2.24, 2.45) is 0 Å². The molecular formula is C15H18N2OS. The number of anilines is 1. The van der Waals surface area contributed by atoms with Crippen LogP contribution in [0.1, 0.15) is 35.2 Å². The third-order valence-electron chi connectivity index (χ3n) is 3.30. The number of nitrogens with zero attached hydrogens (tertiary/aromatic N) is 1. The molecule has 1 aromatic heterocycles. The Morgan fingerprint density at radius 2 is 2.11 bits per heavy atom. The molecule has 3 nitrogen and oxygen atoms in total. The van der Waals surface area contributed by atoms with Crippen molar-refractivity contribution in [3.8, 4) is 5.75 Å². The molecule has 0 atom stereocenters. The molecule has 1 N–H and O–H groups in total. The monoisotopic (exact) mass is 274 g/mol. The van der Waals surface area contributed by atoms with Gasteiger partial charge in [0.2, 0.25) is 0 Å². The first kappa shape index (κ1) is 12.5. The minimum absolute atomic E-state index is 0.556. The van der Waals surface area contributed by atoms with E-state index in [0.29, 0.717) is 12.5 Å². The van der Waals surface area contributed by atoms with Crippen molar-refractivity contribution < 1.29 is 4.74 Å². The fourth-order valence-electron chi connectivity index (χ4n) is 2.16. The van der Waals surface area contributed by atoms with Gasteiger partial charge in [-0.1, -0.05) is 26.0 Å². The Bertz CT molecular complexity index is 539. The Kier molecular flexibility index (Phi) is 3.42. The average molecular weight is 274 g/mol. The molecule has 4 heteroatoms. The molecule has 0 aliphatic carbocycles. The fourth-order valence-corrected chi connectivity index (χ4v) is 3.12. The molecule has 100 valence electrons. The summed E-state index contributed by atoms with van der Waals surface area (Å²) in [4.78, 5) is 5.89. The molecule has 1 aliphatic heterocycles. The lowest BCUT2D eigenvalue weighted by atomic mass is 10.0. The first-order valence-corrected chi connectivity index (χ1v) is 7.49. The van der Waals surface area contributed by atoms with E-state index < -0.39 is 0 Å². The van der Waals surface area contributed by atoms with E-state index in [-0.39, 0.29) is 0 Å². The number of nitrogens with one attached hydrogen (secondary N) is 1. The van der Waals surface area contributed by atoms with Crippen LogP contribution in [-0.2, 0) is 13.0 Å². The van der Waals surface area contributed by atoms with Gasteiger partial charge in [-0.25, -0.2) is 4.98 Å². The number of ether oxygens (including phenoxy) is 1. The summed E-state index contributed by atoms with van der Waals surface area (Å²) >= 11 is 1.75. The largest absolute Gasteiger partial charge is 0.486 e. The van der Waals surface area contributed by atoms with Gasteiger partial charge in [0.1, 0.15) is 23.2 Å². The highest BCUT2D eigenvalue weighted by Crippen LogP contribution is 2.28. The van der Waals surface area contributed by atoms with Gasteiger partial charge in [0.25, 0.3) is 0 Å². The lowest BCUT2D eigenvalue weighted by Crippen LogP contribution is -1.98. The Morgan fingerprint density at radius 3 is 2.79 bits per heavy atom. The van der Waals surface area contributed by atoms with Crippen molar-refractivity contribution in [1.82, 2.24) is 4.98 Å². The molecule has 0 radical (unpaired) electrons. The molecule has 0 saturated heterocycles. The van der Waals surface area contributed by atoms with E-state index in [1.807, 2.05) is 12.1 Å². The molecule has 0 unspecified atom stereocenters. The van der Waals surface area contributed by atoms with E-state index >= 15 is 0 Å². The molecule has 3 rings (SSSR count). The Labute approximate surface area is 117 Å². The quantitative estimate of drug-likeness (QED) is 0.920. The van der Waals surface area contributed by atoms with Crippen LogP contribution >= 0.6 is 11.3 Å². The second-order valence-corrected chi connectivity index (χ2v) is 6.24. The number of benzene rings is 1. The molecule has 1 aromatic carbocycles. The molecule has 0 amide bonds. The van der Waals surface area contributed by atoms with Crippen LogP contribution in [0, 0.1) is 0 Å². The third kappa shape index (κ3) is 2.73. The summed E-state index contributed by atoms with van der Waals surface area (Å²) in [6, 6.07) is 8.33. The molecule has 0 fully saturated rings. The van der Waals surface area contributed by atoms with Gasteiger partial charge >= 0.3 is 0 Å². The van der Waals surface area contributed by atoms with Crippen molar-refractivity contribution in [3.63, 3.8) is 0 Å². The molecule has 1 aliphatic rings. The Balaban J connectivity index is 1.62. The van der Waals surface area contributed by atoms with Crippen molar-refractivity contribution in [2.75, 3.05) is 11.9 Å². The zero-order chi connectivity index (χ0) is 13.2. The fraction of sp³-hybridized carbons (Fsp3) is 0.400. The standard InChI is InChI=1S/C15H18N2OS/c1-10(2)11-3-5-12(6-4-11)18-9-14-17-15-13(19-14)7-8-16-15/h3-6,10,16H,7-9H2,1-2H3. The summed E-state index contributed by atoms with van der Waals surface area (Å²) < 4.78 is 5.78. The molecule has 0 spiro atoms. The van der Waals surface area contributed by atoms with Crippen LogP contribution in [0.3, 0.4) is 0 Å². The van der Waals surface area contributed by atoms with Crippen molar-refractivity contribution >= 4 is 17.2 Å². The van der Waals surface area contributed by atoms with Crippen LogP contribution < -0.4 is 10.1 Å². The van der Waals surface area contributed by atoms with Crippen LogP contribution in [-0.4, -0.2) is 11.5 Å². The topological polar surface area (TPSA) is 34.1 Å². The Hall–Kier alpha value is -1.55. The predicted molar refractivity (Wildman–Crippen MR) is 79.2 cm³/mol. The van der Waals surface area contributed by atoms with E-state index in [1.165, 1.54) is 10.4 Å². The van der Waals surface area contributed by atoms with Crippen LogP contribution in [0.15, 0.2) is 24.3 Å². The van der Waals surface area contributed by atoms with E-state index in [1.54, 1.807) is 11.3 Å². The molecular weight excluding hydrogens is 256 g/mol. The lowest BCUT2D eigenvalue weighted by Gasteiger charge is -2.07. The Morgan fingerprint density at radius 1 is 1.32 bits per heavy atom. The van der Waals surface area contributed by atoms with E-state index in [0.717, 1.165) is 29.5 Å². The van der Waals surface area contributed by atoms with Gasteiger partial charge in [-0.05, 0) is 23.6 Å². The SMILES string of the molecule is CC(C)c1ccc(OCc2nc3c(s2)CCN3)cc1. The van der Waals surface area contributed by atoms with Crippen LogP contribution in [0.4, 0.5) is 5.82 Å². The van der Waals surface area contributed by atoms with Crippen LogP contribution in [0.2, 0.25) is 0 Å². The number of thiazole rings is 1. The van der Waals surface area contributed by atoms with Crippen LogP contribution in [0.5, 0.6) is 5.75 Å². The molecule has 2 aromatic rings. The molecule has 0 saturated carbocycles. The highest BCUT2D eigenvalue weighted by atomic mass is 32.1. The molecule has 2 heterocycles. The number of rotatable bonds is 4. The predicted octanol–water partition coefficient (Wildman–Crippen LogP) is 3.81. The second kappa shape index (κ2) is 5.21. The van der Waals surface area contributed by atoms with Gasteiger partial charge in [-0.3, -0.25) is 0 Å². The number of aromatic nitrogens is 1. The zero-order valence-corrected chi connectivity index (χ0v) is 12.1. The average Bonchev–Trinajstić information content (AvgIpc) is 2.97. The normalized spacial score (nSPS) is 13.4.